The van der Waals surface area contributed by atoms with Gasteiger partial charge in [0.15, 0.2) is 0 Å². The zero-order valence-electron chi connectivity index (χ0n) is 18.9. The fourth-order valence-corrected chi connectivity index (χ4v) is 5.27. The van der Waals surface area contributed by atoms with Gasteiger partial charge in [-0.1, -0.05) is 35.9 Å². The second-order valence-electron chi connectivity index (χ2n) is 9.23. The summed E-state index contributed by atoms with van der Waals surface area (Å²) in [6, 6.07) is 12.6. The lowest BCUT2D eigenvalue weighted by atomic mass is 9.83. The average Bonchev–Trinajstić information content (AvgIpc) is 3.14. The van der Waals surface area contributed by atoms with Gasteiger partial charge >= 0.3 is 6.18 Å². The summed E-state index contributed by atoms with van der Waals surface area (Å²) in [5, 5.41) is 10.2. The molecule has 1 amide bonds. The molecular weight excluding hydrogens is 469 g/mol. The summed E-state index contributed by atoms with van der Waals surface area (Å²) in [7, 11) is 1.17. The first-order valence-corrected chi connectivity index (χ1v) is 11.7. The highest BCUT2D eigenvalue weighted by atomic mass is 35.5. The first-order valence-electron chi connectivity index (χ1n) is 11.3. The van der Waals surface area contributed by atoms with Crippen molar-refractivity contribution >= 4 is 17.5 Å². The number of likely N-dealkylation sites (tertiary alicyclic amines) is 1. The SMILES string of the molecule is CN(CC(F)(F)F)C(=O)C(Cc1cc(O)ccc1Cl)CN1CCC2(CC1)OCc1ccccc12. The molecule has 0 aliphatic carbocycles. The summed E-state index contributed by atoms with van der Waals surface area (Å²) in [4.78, 5) is 15.9. The van der Waals surface area contributed by atoms with E-state index in [2.05, 4.69) is 17.0 Å². The van der Waals surface area contributed by atoms with Gasteiger partial charge in [-0.25, -0.2) is 0 Å². The second-order valence-corrected chi connectivity index (χ2v) is 9.63. The molecule has 4 rings (SSSR count). The molecule has 0 radical (unpaired) electrons. The highest BCUT2D eigenvalue weighted by Crippen LogP contribution is 2.44. The van der Waals surface area contributed by atoms with E-state index in [4.69, 9.17) is 16.3 Å². The Morgan fingerprint density at radius 3 is 2.65 bits per heavy atom. The molecule has 184 valence electrons. The number of carbonyl (C=O) groups is 1. The van der Waals surface area contributed by atoms with Gasteiger partial charge in [-0.3, -0.25) is 4.79 Å². The van der Waals surface area contributed by atoms with E-state index in [1.165, 1.54) is 36.4 Å². The predicted molar refractivity (Wildman–Crippen MR) is 123 cm³/mol. The molecule has 1 saturated heterocycles. The number of carbonyl (C=O) groups excluding carboxylic acids is 1. The maximum atomic E-state index is 13.1. The van der Waals surface area contributed by atoms with Crippen LogP contribution >= 0.6 is 11.6 Å². The van der Waals surface area contributed by atoms with Crippen LogP contribution < -0.4 is 0 Å². The van der Waals surface area contributed by atoms with Gasteiger partial charge in [-0.2, -0.15) is 13.2 Å². The number of hydrogen-bond donors (Lipinski definition) is 1. The van der Waals surface area contributed by atoms with E-state index in [1.807, 2.05) is 12.1 Å². The van der Waals surface area contributed by atoms with Crippen molar-refractivity contribution in [1.29, 1.82) is 0 Å². The van der Waals surface area contributed by atoms with Crippen LogP contribution in [0.3, 0.4) is 0 Å². The van der Waals surface area contributed by atoms with Crippen molar-refractivity contribution < 1.29 is 27.8 Å². The minimum Gasteiger partial charge on any atom is -0.508 e. The fourth-order valence-electron chi connectivity index (χ4n) is 5.08. The Morgan fingerprint density at radius 2 is 1.94 bits per heavy atom. The second kappa shape index (κ2) is 9.76. The number of phenols is 1. The van der Waals surface area contributed by atoms with Gasteiger partial charge in [-0.05, 0) is 54.2 Å². The molecule has 1 unspecified atom stereocenters. The molecule has 1 spiro atoms. The summed E-state index contributed by atoms with van der Waals surface area (Å²) in [5.41, 5.74) is 2.59. The van der Waals surface area contributed by atoms with Crippen LogP contribution in [0.2, 0.25) is 5.02 Å². The van der Waals surface area contributed by atoms with Crippen molar-refractivity contribution in [3.05, 3.63) is 64.2 Å². The maximum Gasteiger partial charge on any atom is 0.406 e. The molecule has 34 heavy (non-hydrogen) atoms. The number of benzene rings is 2. The standard InChI is InChI=1S/C25H28ClF3N2O3/c1-30(16-25(27,28)29)23(33)19(12-18-13-20(32)6-7-22(18)26)14-31-10-8-24(9-11-31)21-5-3-2-4-17(21)15-34-24/h2-7,13,19,32H,8-12,14-16H2,1H3. The quantitative estimate of drug-likeness (QED) is 0.627. The maximum absolute atomic E-state index is 13.1. The summed E-state index contributed by atoms with van der Waals surface area (Å²) in [5.74, 6) is -1.34. The molecule has 5 nitrogen and oxygen atoms in total. The van der Waals surface area contributed by atoms with E-state index in [-0.39, 0.29) is 17.8 Å². The van der Waals surface area contributed by atoms with Crippen LogP contribution in [-0.4, -0.2) is 60.2 Å². The smallest absolute Gasteiger partial charge is 0.406 e. The van der Waals surface area contributed by atoms with Crippen molar-refractivity contribution in [2.24, 2.45) is 5.92 Å². The van der Waals surface area contributed by atoms with Gasteiger partial charge in [0.2, 0.25) is 5.91 Å². The van der Waals surface area contributed by atoms with Gasteiger partial charge in [-0.15, -0.1) is 0 Å². The first-order chi connectivity index (χ1) is 16.1. The van der Waals surface area contributed by atoms with Gasteiger partial charge < -0.3 is 19.6 Å². The Morgan fingerprint density at radius 1 is 1.24 bits per heavy atom. The average molecular weight is 497 g/mol. The molecule has 2 aromatic carbocycles. The van der Waals surface area contributed by atoms with Crippen LogP contribution in [0.15, 0.2) is 42.5 Å². The zero-order valence-corrected chi connectivity index (χ0v) is 19.7. The van der Waals surface area contributed by atoms with Crippen molar-refractivity contribution in [2.45, 2.75) is 37.6 Å². The Kier molecular flexibility index (Phi) is 7.12. The summed E-state index contributed by atoms with van der Waals surface area (Å²) >= 11 is 6.26. The van der Waals surface area contributed by atoms with Gasteiger partial charge in [0.25, 0.3) is 0 Å². The largest absolute Gasteiger partial charge is 0.508 e. The lowest BCUT2D eigenvalue weighted by molar-refractivity contribution is -0.161. The van der Waals surface area contributed by atoms with E-state index >= 15 is 0 Å². The number of phenolic OH excluding ortho intramolecular Hbond substituents is 1. The van der Waals surface area contributed by atoms with Crippen LogP contribution in [0.1, 0.15) is 29.5 Å². The number of piperidine rings is 1. The summed E-state index contributed by atoms with van der Waals surface area (Å²) < 4.78 is 45.0. The number of ether oxygens (including phenoxy) is 1. The Bertz CT molecular complexity index is 1040. The number of rotatable bonds is 6. The number of aromatic hydroxyl groups is 1. The lowest BCUT2D eigenvalue weighted by Gasteiger charge is -2.40. The van der Waals surface area contributed by atoms with Crippen LogP contribution in [-0.2, 0) is 28.2 Å². The number of hydrogen-bond acceptors (Lipinski definition) is 4. The van der Waals surface area contributed by atoms with Crippen LogP contribution in [0, 0.1) is 5.92 Å². The number of fused-ring (bicyclic) bond motifs is 2. The summed E-state index contributed by atoms with van der Waals surface area (Å²) in [6.45, 7) is 0.883. The van der Waals surface area contributed by atoms with Crippen LogP contribution in [0.25, 0.3) is 0 Å². The summed E-state index contributed by atoms with van der Waals surface area (Å²) in [6.07, 6.45) is -2.86. The lowest BCUT2D eigenvalue weighted by Crippen LogP contribution is -2.48. The van der Waals surface area contributed by atoms with E-state index in [0.717, 1.165) is 17.7 Å². The molecule has 0 aromatic heterocycles. The Hall–Kier alpha value is -2.29. The van der Waals surface area contributed by atoms with E-state index in [0.29, 0.717) is 36.8 Å². The van der Waals surface area contributed by atoms with E-state index < -0.39 is 24.5 Å². The minimum absolute atomic E-state index is 0.00814. The van der Waals surface area contributed by atoms with Gasteiger partial charge in [0.05, 0.1) is 18.1 Å². The third-order valence-electron chi connectivity index (χ3n) is 6.79. The molecule has 1 atom stereocenters. The minimum atomic E-state index is -4.48. The molecule has 2 aliphatic heterocycles. The molecule has 0 saturated carbocycles. The molecule has 1 N–H and O–H groups in total. The fraction of sp³-hybridized carbons (Fsp3) is 0.480. The van der Waals surface area contributed by atoms with Crippen molar-refractivity contribution in [1.82, 2.24) is 9.80 Å². The first kappa shape index (κ1) is 24.8. The van der Waals surface area contributed by atoms with Gasteiger partial charge in [0.1, 0.15) is 12.3 Å². The van der Waals surface area contributed by atoms with E-state index in [9.17, 15) is 23.1 Å². The molecular formula is C25H28ClF3N2O3. The zero-order chi connectivity index (χ0) is 24.5. The monoisotopic (exact) mass is 496 g/mol. The van der Waals surface area contributed by atoms with Gasteiger partial charge in [0, 0.05) is 31.7 Å². The molecule has 0 bridgehead atoms. The third-order valence-corrected chi connectivity index (χ3v) is 7.16. The van der Waals surface area contributed by atoms with Crippen LogP contribution in [0.4, 0.5) is 13.2 Å². The number of amides is 1. The van der Waals surface area contributed by atoms with Crippen LogP contribution in [0.5, 0.6) is 5.75 Å². The van der Waals surface area contributed by atoms with Crippen molar-refractivity contribution in [3.63, 3.8) is 0 Å². The van der Waals surface area contributed by atoms with E-state index in [1.54, 1.807) is 0 Å². The Balaban J connectivity index is 1.48. The Labute approximate surface area is 202 Å². The molecule has 2 heterocycles. The highest BCUT2D eigenvalue weighted by molar-refractivity contribution is 6.31. The normalized spacial score (nSPS) is 18.6. The third kappa shape index (κ3) is 5.50. The highest BCUT2D eigenvalue weighted by Gasteiger charge is 2.43. The topological polar surface area (TPSA) is 53.0 Å². The molecule has 1 fully saturated rings. The molecule has 2 aromatic rings. The van der Waals surface area contributed by atoms with Crippen molar-refractivity contribution in [3.8, 4) is 5.75 Å². The number of alkyl halides is 3. The molecule has 2 aliphatic rings. The number of nitrogens with zero attached hydrogens (tertiary/aromatic N) is 2. The molecule has 9 heteroatoms. The predicted octanol–water partition coefficient (Wildman–Crippen LogP) is 4.75. The van der Waals surface area contributed by atoms with Crippen molar-refractivity contribution in [2.75, 3.05) is 33.2 Å². The number of halogens is 4.